The molecule has 4 amide bonds. The van der Waals surface area contributed by atoms with Gasteiger partial charge >= 0.3 is 6.09 Å². The number of ether oxygens (including phenoxy) is 1. The number of amides is 4. The lowest BCUT2D eigenvalue weighted by atomic mass is 9.80. The molecule has 14 nitrogen and oxygen atoms in total. The van der Waals surface area contributed by atoms with Gasteiger partial charge in [0.25, 0.3) is 0 Å². The number of aromatic nitrogens is 4. The van der Waals surface area contributed by atoms with Gasteiger partial charge in [0.15, 0.2) is 0 Å². The summed E-state index contributed by atoms with van der Waals surface area (Å²) in [5, 5.41) is 18.6. The van der Waals surface area contributed by atoms with E-state index in [9.17, 15) is 33.1 Å². The van der Waals surface area contributed by atoms with E-state index in [0.29, 0.717) is 49.8 Å². The normalized spacial score (nSPS) is 21.5. The van der Waals surface area contributed by atoms with Crippen LogP contribution >= 0.6 is 0 Å². The first kappa shape index (κ1) is 44.9. The highest BCUT2D eigenvalue weighted by Gasteiger charge is 2.50. The quantitative estimate of drug-likeness (QED) is 0.0804. The second-order valence-electron chi connectivity index (χ2n) is 19.4. The molecule has 0 spiro atoms. The Morgan fingerprint density at radius 3 is 1.90 bits per heavy atom. The van der Waals surface area contributed by atoms with Crippen LogP contribution in [0.2, 0.25) is 0 Å². The molecule has 0 bridgehead atoms. The molecule has 3 aliphatic rings. The molecule has 1 saturated carbocycles. The van der Waals surface area contributed by atoms with E-state index in [-0.39, 0.29) is 35.6 Å². The SMILES string of the molecule is COC[C@H]1C[C@@H](c2nc3c(ccc4cc(-c5ccc6c(ccc7[nH]c([C@@H]8C[C@H](C)CN8C(=O)[C@@H](NC(=O)O)C(C)C)nc76)c5)ccc43)[nH]2)N(C(=O)[C@H](NC(=O)C2CC(F)(F)C2)c2ccccc2)C1. The van der Waals surface area contributed by atoms with Crippen LogP contribution in [0.3, 0.4) is 0 Å². The number of imidazole rings is 2. The summed E-state index contributed by atoms with van der Waals surface area (Å²) in [4.78, 5) is 73.9. The van der Waals surface area contributed by atoms with Crippen LogP contribution in [0.4, 0.5) is 13.6 Å². The number of carboxylic acid groups (broad SMARTS) is 1. The largest absolute Gasteiger partial charge is 0.465 e. The Labute approximate surface area is 390 Å². The topological polar surface area (TPSA) is 186 Å². The Bertz CT molecular complexity index is 3090. The maximum atomic E-state index is 14.6. The zero-order valence-corrected chi connectivity index (χ0v) is 38.3. The van der Waals surface area contributed by atoms with Crippen molar-refractivity contribution in [3.05, 3.63) is 108 Å². The molecule has 16 heteroatoms. The summed E-state index contributed by atoms with van der Waals surface area (Å²) in [6, 6.07) is 26.9. The van der Waals surface area contributed by atoms with Crippen molar-refractivity contribution in [2.75, 3.05) is 26.8 Å². The first-order valence-electron chi connectivity index (χ1n) is 23.3. The van der Waals surface area contributed by atoms with E-state index in [4.69, 9.17) is 14.7 Å². The van der Waals surface area contributed by atoms with Gasteiger partial charge in [0.05, 0.1) is 40.8 Å². The lowest BCUT2D eigenvalue weighted by molar-refractivity contribution is -0.153. The molecule has 6 atom stereocenters. The second kappa shape index (κ2) is 17.6. The highest BCUT2D eigenvalue weighted by Crippen LogP contribution is 2.44. The number of halogens is 2. The number of alkyl halides is 2. The number of hydrogen-bond acceptors (Lipinski definition) is 7. The molecule has 0 radical (unpaired) electrons. The van der Waals surface area contributed by atoms with Gasteiger partial charge in [-0.25, -0.2) is 23.5 Å². The third-order valence-corrected chi connectivity index (χ3v) is 14.1. The predicted octanol–water partition coefficient (Wildman–Crippen LogP) is 9.05. The summed E-state index contributed by atoms with van der Waals surface area (Å²) < 4.78 is 33.1. The fourth-order valence-electron chi connectivity index (χ4n) is 10.7. The Morgan fingerprint density at radius 1 is 0.779 bits per heavy atom. The van der Waals surface area contributed by atoms with Crippen LogP contribution in [0.1, 0.15) is 81.8 Å². The van der Waals surface area contributed by atoms with Gasteiger partial charge in [-0.2, -0.15) is 0 Å². The van der Waals surface area contributed by atoms with E-state index in [1.165, 1.54) is 0 Å². The van der Waals surface area contributed by atoms with Crippen LogP contribution in [0.15, 0.2) is 91.0 Å². The molecule has 4 heterocycles. The van der Waals surface area contributed by atoms with E-state index < -0.39 is 54.8 Å². The third-order valence-electron chi connectivity index (χ3n) is 14.1. The summed E-state index contributed by atoms with van der Waals surface area (Å²) in [5.41, 5.74) is 5.81. The molecule has 352 valence electrons. The van der Waals surface area contributed by atoms with Gasteiger partial charge < -0.3 is 40.2 Å². The fourth-order valence-corrected chi connectivity index (χ4v) is 10.7. The number of methoxy groups -OCH3 is 1. The van der Waals surface area contributed by atoms with Crippen molar-refractivity contribution >= 4 is 67.4 Å². The maximum absolute atomic E-state index is 14.6. The smallest absolute Gasteiger partial charge is 0.405 e. The highest BCUT2D eigenvalue weighted by atomic mass is 19.3. The van der Waals surface area contributed by atoms with Gasteiger partial charge in [0.2, 0.25) is 23.6 Å². The zero-order chi connectivity index (χ0) is 47.6. The van der Waals surface area contributed by atoms with Gasteiger partial charge in [-0.15, -0.1) is 0 Å². The number of carbonyl (C=O) groups is 4. The molecule has 1 aliphatic carbocycles. The van der Waals surface area contributed by atoms with Crippen molar-refractivity contribution in [2.24, 2.45) is 23.7 Å². The number of carbonyl (C=O) groups excluding carboxylic acids is 3. The number of likely N-dealkylation sites (tertiary alicyclic amines) is 2. The summed E-state index contributed by atoms with van der Waals surface area (Å²) in [6.07, 6.45) is -1.02. The van der Waals surface area contributed by atoms with Gasteiger partial charge in [-0.05, 0) is 76.4 Å². The van der Waals surface area contributed by atoms with Crippen molar-refractivity contribution in [3.63, 3.8) is 0 Å². The van der Waals surface area contributed by atoms with E-state index in [2.05, 4.69) is 70.0 Å². The van der Waals surface area contributed by atoms with Gasteiger partial charge in [-0.1, -0.05) is 87.5 Å². The maximum Gasteiger partial charge on any atom is 0.405 e. The monoisotopic (exact) mass is 924 g/mol. The van der Waals surface area contributed by atoms with Crippen molar-refractivity contribution < 1.29 is 37.8 Å². The van der Waals surface area contributed by atoms with Gasteiger partial charge in [-0.3, -0.25) is 14.4 Å². The number of aromatic amines is 2. The van der Waals surface area contributed by atoms with Crippen LogP contribution in [0.25, 0.3) is 54.7 Å². The average Bonchev–Trinajstić information content (AvgIpc) is 4.13. The number of rotatable bonds is 12. The van der Waals surface area contributed by atoms with E-state index in [1.54, 1.807) is 41.2 Å². The first-order chi connectivity index (χ1) is 32.6. The van der Waals surface area contributed by atoms with Crippen LogP contribution in [0, 0.1) is 23.7 Å². The summed E-state index contributed by atoms with van der Waals surface area (Å²) >= 11 is 0. The van der Waals surface area contributed by atoms with Gasteiger partial charge in [0.1, 0.15) is 23.7 Å². The van der Waals surface area contributed by atoms with Crippen molar-refractivity contribution in [2.45, 2.75) is 76.5 Å². The van der Waals surface area contributed by atoms with E-state index in [0.717, 1.165) is 54.7 Å². The number of benzene rings is 5. The van der Waals surface area contributed by atoms with Crippen molar-refractivity contribution in [1.29, 1.82) is 0 Å². The Balaban J connectivity index is 0.920. The average molecular weight is 925 g/mol. The minimum atomic E-state index is -2.87. The summed E-state index contributed by atoms with van der Waals surface area (Å²) in [5.74, 6) is -3.61. The molecule has 5 N–H and O–H groups in total. The number of nitrogens with one attached hydrogen (secondary N) is 4. The number of fused-ring (bicyclic) bond motifs is 6. The third kappa shape index (κ3) is 8.39. The van der Waals surface area contributed by atoms with Crippen molar-refractivity contribution in [3.8, 4) is 11.1 Å². The minimum absolute atomic E-state index is 0.00324. The first-order valence-corrected chi connectivity index (χ1v) is 23.3. The van der Waals surface area contributed by atoms with Crippen LogP contribution in [-0.2, 0) is 19.1 Å². The molecule has 7 aromatic rings. The van der Waals surface area contributed by atoms with E-state index >= 15 is 0 Å². The van der Waals surface area contributed by atoms with Crippen LogP contribution in [-0.4, -0.2) is 97.4 Å². The molecule has 0 unspecified atom stereocenters. The van der Waals surface area contributed by atoms with Gasteiger partial charge in [0, 0.05) is 55.6 Å². The molecule has 68 heavy (non-hydrogen) atoms. The highest BCUT2D eigenvalue weighted by molar-refractivity contribution is 6.07. The predicted molar refractivity (Wildman–Crippen MR) is 254 cm³/mol. The van der Waals surface area contributed by atoms with Crippen molar-refractivity contribution in [1.82, 2.24) is 40.4 Å². The molecule has 5 aromatic carbocycles. The Morgan fingerprint density at radius 2 is 1.35 bits per heavy atom. The Hall–Kier alpha value is -6.94. The lowest BCUT2D eigenvalue weighted by Crippen LogP contribution is -2.50. The molecule has 3 fully saturated rings. The molecular formula is C52H54F2N8O6. The molecule has 2 saturated heterocycles. The Kier molecular flexibility index (Phi) is 11.6. The standard InChI is InChI=1S/C52H54F2N8O6/c1-27(2)42(60-51(66)67)49(64)61-24-28(3)18-40(61)46-55-38-16-12-33-20-31(10-14-36(33)44(38)57-46)32-11-15-37-34(21-32)13-17-39-45(37)58-47(56-39)41-19-29(26-68-4)25-62(41)50(65)43(30-8-6-5-7-9-30)59-48(63)35-22-52(53,54)23-35/h5-17,20-21,27-29,35,40-43,60H,18-19,22-26H2,1-4H3,(H,55,57)(H,56,58)(H,59,63)(H,66,67)/t28-,29-,40-,41-,42-,43+/m0/s1. The molecular weight excluding hydrogens is 871 g/mol. The summed E-state index contributed by atoms with van der Waals surface area (Å²) in [6.45, 7) is 7.05. The summed E-state index contributed by atoms with van der Waals surface area (Å²) in [7, 11) is 1.62. The molecule has 2 aliphatic heterocycles. The minimum Gasteiger partial charge on any atom is -0.465 e. The van der Waals surface area contributed by atoms with Crippen LogP contribution < -0.4 is 10.6 Å². The van der Waals surface area contributed by atoms with Crippen LogP contribution in [0.5, 0.6) is 0 Å². The second-order valence-corrected chi connectivity index (χ2v) is 19.4. The fraction of sp³-hybridized carbons (Fsp3) is 0.385. The van der Waals surface area contributed by atoms with E-state index in [1.807, 2.05) is 38.1 Å². The number of hydrogen-bond donors (Lipinski definition) is 5. The number of H-pyrrole nitrogens is 2. The zero-order valence-electron chi connectivity index (χ0n) is 38.3. The molecule has 10 rings (SSSR count). The molecule has 2 aromatic heterocycles. The number of nitrogens with zero attached hydrogens (tertiary/aromatic N) is 4. The lowest BCUT2D eigenvalue weighted by Gasteiger charge is -2.35.